The van der Waals surface area contributed by atoms with Crippen molar-refractivity contribution in [3.05, 3.63) is 279 Å². The molecular weight excluding hydrogens is 821 g/mol. The summed E-state index contributed by atoms with van der Waals surface area (Å²) in [6.45, 7) is 0. The van der Waals surface area contributed by atoms with Crippen molar-refractivity contribution >= 4 is 38.9 Å². The fraction of sp³-hybridized carbons (Fsp3) is 0. The van der Waals surface area contributed by atoms with Crippen molar-refractivity contribution in [3.63, 3.8) is 0 Å². The number of aromatic nitrogens is 1. The standard InChI is InChI=1S/C66H46N2/c1-3-18-47(19-4-1)48-34-36-49(37-35-48)50-38-42-53(43-39-50)67(55-22-17-23-56(46-55)68-65-32-15-13-30-63(65)64-31-14-16-33-66(64)68)54-44-40-52(41-45-54)58-25-8-10-27-60(58)62-29-12-11-28-61(62)59-26-9-7-24-57(59)51-20-5-2-6-21-51/h1-46H. The third kappa shape index (κ3) is 7.54. The van der Waals surface area contributed by atoms with Crippen LogP contribution >= 0.6 is 0 Å². The molecule has 2 heteroatoms. The van der Waals surface area contributed by atoms with Crippen LogP contribution < -0.4 is 4.90 Å². The van der Waals surface area contributed by atoms with Gasteiger partial charge in [-0.2, -0.15) is 0 Å². The van der Waals surface area contributed by atoms with E-state index in [1.807, 2.05) is 0 Å². The maximum atomic E-state index is 2.39. The Kier molecular flexibility index (Phi) is 10.6. The van der Waals surface area contributed by atoms with Crippen LogP contribution in [-0.4, -0.2) is 4.57 Å². The lowest BCUT2D eigenvalue weighted by atomic mass is 9.87. The molecule has 12 rings (SSSR count). The summed E-state index contributed by atoms with van der Waals surface area (Å²) >= 11 is 0. The zero-order valence-electron chi connectivity index (χ0n) is 37.5. The van der Waals surface area contributed by atoms with Gasteiger partial charge in [-0.3, -0.25) is 0 Å². The summed E-state index contributed by atoms with van der Waals surface area (Å²) in [6.07, 6.45) is 0. The van der Waals surface area contributed by atoms with Crippen LogP contribution in [0.4, 0.5) is 17.1 Å². The van der Waals surface area contributed by atoms with Gasteiger partial charge in [-0.1, -0.05) is 224 Å². The quantitative estimate of drug-likeness (QED) is 0.133. The van der Waals surface area contributed by atoms with Crippen LogP contribution in [0.3, 0.4) is 0 Å². The predicted molar refractivity (Wildman–Crippen MR) is 288 cm³/mol. The first-order valence-corrected chi connectivity index (χ1v) is 23.3. The summed E-state index contributed by atoms with van der Waals surface area (Å²) < 4.78 is 2.39. The van der Waals surface area contributed by atoms with E-state index in [4.69, 9.17) is 0 Å². The lowest BCUT2D eigenvalue weighted by Gasteiger charge is -2.27. The fourth-order valence-electron chi connectivity index (χ4n) is 10.0. The van der Waals surface area contributed by atoms with Gasteiger partial charge in [-0.25, -0.2) is 0 Å². The summed E-state index contributed by atoms with van der Waals surface area (Å²) in [5, 5.41) is 2.49. The minimum Gasteiger partial charge on any atom is -0.310 e. The van der Waals surface area contributed by atoms with Crippen molar-refractivity contribution < 1.29 is 0 Å². The average Bonchev–Trinajstić information content (AvgIpc) is 3.76. The van der Waals surface area contributed by atoms with Gasteiger partial charge in [0.2, 0.25) is 0 Å². The highest BCUT2D eigenvalue weighted by atomic mass is 15.1. The molecule has 0 unspecified atom stereocenters. The Morgan fingerprint density at radius 3 is 1.04 bits per heavy atom. The molecule has 0 bridgehead atoms. The van der Waals surface area contributed by atoms with Crippen LogP contribution in [0.15, 0.2) is 279 Å². The Morgan fingerprint density at radius 1 is 0.221 bits per heavy atom. The Balaban J connectivity index is 0.947. The van der Waals surface area contributed by atoms with E-state index in [0.717, 1.165) is 28.3 Å². The summed E-state index contributed by atoms with van der Waals surface area (Å²) in [5.74, 6) is 0. The van der Waals surface area contributed by atoms with Crippen LogP contribution in [0.1, 0.15) is 0 Å². The molecule has 0 saturated heterocycles. The molecule has 0 atom stereocenters. The molecule has 2 nitrogen and oxygen atoms in total. The lowest BCUT2D eigenvalue weighted by Crippen LogP contribution is -2.10. The molecule has 0 aliphatic heterocycles. The topological polar surface area (TPSA) is 8.17 Å². The van der Waals surface area contributed by atoms with E-state index in [9.17, 15) is 0 Å². The highest BCUT2D eigenvalue weighted by molar-refractivity contribution is 6.09. The first-order chi connectivity index (χ1) is 33.7. The average molecular weight is 867 g/mol. The molecule has 0 aliphatic rings. The SMILES string of the molecule is c1ccc(-c2ccc(-c3ccc(N(c4ccc(-c5ccccc5-c5ccccc5-c5ccccc5-c5ccccc5)cc4)c4cccc(-n5c6ccccc6c6ccccc65)c4)cc3)cc2)cc1. The van der Waals surface area contributed by atoms with E-state index in [-0.39, 0.29) is 0 Å². The molecule has 11 aromatic carbocycles. The number of hydrogen-bond donors (Lipinski definition) is 0. The van der Waals surface area contributed by atoms with Crippen molar-refractivity contribution in [2.24, 2.45) is 0 Å². The van der Waals surface area contributed by atoms with Crippen LogP contribution in [0.5, 0.6) is 0 Å². The number of para-hydroxylation sites is 2. The van der Waals surface area contributed by atoms with Gasteiger partial charge in [0.05, 0.1) is 11.0 Å². The van der Waals surface area contributed by atoms with Gasteiger partial charge in [-0.05, 0) is 121 Å². The van der Waals surface area contributed by atoms with Crippen LogP contribution in [-0.2, 0) is 0 Å². The van der Waals surface area contributed by atoms with E-state index in [1.54, 1.807) is 0 Å². The number of rotatable bonds is 10. The van der Waals surface area contributed by atoms with Crippen molar-refractivity contribution in [2.75, 3.05) is 4.90 Å². The molecule has 0 radical (unpaired) electrons. The van der Waals surface area contributed by atoms with Crippen molar-refractivity contribution in [1.82, 2.24) is 4.57 Å². The zero-order valence-corrected chi connectivity index (χ0v) is 37.5. The molecule has 68 heavy (non-hydrogen) atoms. The maximum Gasteiger partial charge on any atom is 0.0541 e. The Labute approximate surface area is 397 Å². The smallest absolute Gasteiger partial charge is 0.0541 e. The van der Waals surface area contributed by atoms with Gasteiger partial charge in [-0.15, -0.1) is 0 Å². The van der Waals surface area contributed by atoms with Crippen molar-refractivity contribution in [3.8, 4) is 72.4 Å². The molecule has 0 spiro atoms. The summed E-state index contributed by atoms with van der Waals surface area (Å²) in [6, 6.07) is 101. The van der Waals surface area contributed by atoms with Crippen molar-refractivity contribution in [2.45, 2.75) is 0 Å². The second-order valence-corrected chi connectivity index (χ2v) is 17.3. The fourth-order valence-corrected chi connectivity index (χ4v) is 10.0. The summed E-state index contributed by atoms with van der Waals surface area (Å²) in [5.41, 5.74) is 21.1. The van der Waals surface area contributed by atoms with E-state index < -0.39 is 0 Å². The van der Waals surface area contributed by atoms with Crippen LogP contribution in [0.2, 0.25) is 0 Å². The highest BCUT2D eigenvalue weighted by Gasteiger charge is 2.19. The Hall–Kier alpha value is -8.98. The van der Waals surface area contributed by atoms with E-state index in [2.05, 4.69) is 289 Å². The molecule has 0 fully saturated rings. The first kappa shape index (κ1) is 40.5. The molecule has 12 aromatic rings. The van der Waals surface area contributed by atoms with Gasteiger partial charge in [0, 0.05) is 33.5 Å². The van der Waals surface area contributed by atoms with Gasteiger partial charge < -0.3 is 9.47 Å². The third-order valence-corrected chi connectivity index (χ3v) is 13.3. The highest BCUT2D eigenvalue weighted by Crippen LogP contribution is 2.43. The summed E-state index contributed by atoms with van der Waals surface area (Å²) in [7, 11) is 0. The molecule has 1 heterocycles. The molecule has 320 valence electrons. The van der Waals surface area contributed by atoms with Gasteiger partial charge in [0.15, 0.2) is 0 Å². The van der Waals surface area contributed by atoms with Crippen molar-refractivity contribution in [1.29, 1.82) is 0 Å². The normalized spacial score (nSPS) is 11.2. The number of nitrogens with zero attached hydrogens (tertiary/aromatic N) is 2. The second-order valence-electron chi connectivity index (χ2n) is 17.3. The minimum absolute atomic E-state index is 1.07. The predicted octanol–water partition coefficient (Wildman–Crippen LogP) is 18.3. The number of fused-ring (bicyclic) bond motifs is 3. The molecule has 0 saturated carbocycles. The van der Waals surface area contributed by atoms with Crippen LogP contribution in [0, 0.1) is 0 Å². The maximum absolute atomic E-state index is 2.39. The molecule has 0 aliphatic carbocycles. The third-order valence-electron chi connectivity index (χ3n) is 13.3. The van der Waals surface area contributed by atoms with E-state index in [1.165, 1.54) is 83.0 Å². The summed E-state index contributed by atoms with van der Waals surface area (Å²) in [4.78, 5) is 2.38. The molecular formula is C66H46N2. The molecule has 0 N–H and O–H groups in total. The number of hydrogen-bond acceptors (Lipinski definition) is 1. The Morgan fingerprint density at radius 2 is 0.559 bits per heavy atom. The van der Waals surface area contributed by atoms with E-state index in [0.29, 0.717) is 0 Å². The zero-order chi connectivity index (χ0) is 45.2. The second kappa shape index (κ2) is 17.8. The first-order valence-electron chi connectivity index (χ1n) is 23.3. The molecule has 1 aromatic heterocycles. The van der Waals surface area contributed by atoms with Gasteiger partial charge >= 0.3 is 0 Å². The minimum atomic E-state index is 1.07. The monoisotopic (exact) mass is 866 g/mol. The lowest BCUT2D eigenvalue weighted by molar-refractivity contribution is 1.17. The number of anilines is 3. The van der Waals surface area contributed by atoms with Crippen LogP contribution in [0.25, 0.3) is 94.3 Å². The molecule has 0 amide bonds. The number of benzene rings is 11. The largest absolute Gasteiger partial charge is 0.310 e. The Bertz CT molecular complexity index is 3650. The van der Waals surface area contributed by atoms with Gasteiger partial charge in [0.25, 0.3) is 0 Å². The van der Waals surface area contributed by atoms with Gasteiger partial charge in [0.1, 0.15) is 0 Å². The van der Waals surface area contributed by atoms with E-state index >= 15 is 0 Å².